The van der Waals surface area contributed by atoms with E-state index in [4.69, 9.17) is 9.15 Å². The van der Waals surface area contributed by atoms with Crippen LogP contribution in [0, 0.1) is 0 Å². The normalized spacial score (nSPS) is 23.2. The molecule has 0 amide bonds. The summed E-state index contributed by atoms with van der Waals surface area (Å²) in [6.07, 6.45) is 3.55. The number of hydrogen-bond acceptors (Lipinski definition) is 3. The summed E-state index contributed by atoms with van der Waals surface area (Å²) in [4.78, 5) is 4.16. The Hall–Kier alpha value is -0.830. The summed E-state index contributed by atoms with van der Waals surface area (Å²) < 4.78 is 10.6. The summed E-state index contributed by atoms with van der Waals surface area (Å²) in [5, 5.41) is 0. The Kier molecular flexibility index (Phi) is 2.13. The van der Waals surface area contributed by atoms with Gasteiger partial charge in [-0.15, -0.1) is 0 Å². The van der Waals surface area contributed by atoms with Gasteiger partial charge in [-0.05, 0) is 12.8 Å². The van der Waals surface area contributed by atoms with Crippen molar-refractivity contribution in [1.82, 2.24) is 4.98 Å². The van der Waals surface area contributed by atoms with E-state index in [0.29, 0.717) is 5.92 Å². The van der Waals surface area contributed by atoms with Crippen molar-refractivity contribution < 1.29 is 9.15 Å². The fraction of sp³-hybridized carbons (Fsp3) is 0.667. The monoisotopic (exact) mass is 167 g/mol. The maximum atomic E-state index is 5.35. The first kappa shape index (κ1) is 7.80. The van der Waals surface area contributed by atoms with Crippen LogP contribution in [0.25, 0.3) is 0 Å². The van der Waals surface area contributed by atoms with Crippen LogP contribution >= 0.6 is 0 Å². The van der Waals surface area contributed by atoms with Gasteiger partial charge in [0.1, 0.15) is 5.76 Å². The third kappa shape index (κ3) is 1.25. The molecule has 1 saturated heterocycles. The van der Waals surface area contributed by atoms with E-state index >= 15 is 0 Å². The first-order chi connectivity index (χ1) is 5.92. The van der Waals surface area contributed by atoms with Crippen molar-refractivity contribution in [1.29, 1.82) is 0 Å². The lowest BCUT2D eigenvalue weighted by Crippen LogP contribution is -1.99. The SMILES string of the molecule is CCc1ncoc1C1CCOC1. The molecule has 0 radical (unpaired) electrons. The molecule has 66 valence electrons. The molecular weight excluding hydrogens is 154 g/mol. The summed E-state index contributed by atoms with van der Waals surface area (Å²) in [6.45, 7) is 3.74. The van der Waals surface area contributed by atoms with Crippen LogP contribution in [0.15, 0.2) is 10.8 Å². The molecule has 0 saturated carbocycles. The van der Waals surface area contributed by atoms with Gasteiger partial charge in [0, 0.05) is 12.5 Å². The van der Waals surface area contributed by atoms with Crippen molar-refractivity contribution in [2.45, 2.75) is 25.7 Å². The van der Waals surface area contributed by atoms with Gasteiger partial charge in [-0.1, -0.05) is 6.92 Å². The second-order valence-electron chi connectivity index (χ2n) is 3.08. The van der Waals surface area contributed by atoms with Gasteiger partial charge in [0.2, 0.25) is 0 Å². The van der Waals surface area contributed by atoms with Crippen molar-refractivity contribution in [2.24, 2.45) is 0 Å². The lowest BCUT2D eigenvalue weighted by molar-refractivity contribution is 0.191. The van der Waals surface area contributed by atoms with Crippen molar-refractivity contribution >= 4 is 0 Å². The molecule has 1 fully saturated rings. The van der Waals surface area contributed by atoms with Crippen LogP contribution in [0.2, 0.25) is 0 Å². The highest BCUT2D eigenvalue weighted by Crippen LogP contribution is 2.27. The van der Waals surface area contributed by atoms with Crippen LogP contribution in [0.1, 0.15) is 30.7 Å². The van der Waals surface area contributed by atoms with E-state index in [0.717, 1.165) is 37.5 Å². The summed E-state index contributed by atoms with van der Waals surface area (Å²) in [5.41, 5.74) is 1.09. The number of rotatable bonds is 2. The first-order valence-electron chi connectivity index (χ1n) is 4.41. The van der Waals surface area contributed by atoms with E-state index in [9.17, 15) is 0 Å². The molecule has 1 aromatic heterocycles. The van der Waals surface area contributed by atoms with Crippen LogP contribution in [0.4, 0.5) is 0 Å². The number of nitrogens with zero attached hydrogens (tertiary/aromatic N) is 1. The molecule has 12 heavy (non-hydrogen) atoms. The molecule has 0 bridgehead atoms. The van der Waals surface area contributed by atoms with E-state index in [2.05, 4.69) is 11.9 Å². The highest BCUT2D eigenvalue weighted by atomic mass is 16.5. The van der Waals surface area contributed by atoms with Gasteiger partial charge in [0.25, 0.3) is 0 Å². The smallest absolute Gasteiger partial charge is 0.181 e. The van der Waals surface area contributed by atoms with Gasteiger partial charge in [-0.25, -0.2) is 4.98 Å². The Balaban J connectivity index is 2.19. The Bertz CT molecular complexity index is 251. The molecule has 0 spiro atoms. The average Bonchev–Trinajstić information content (AvgIpc) is 2.74. The first-order valence-corrected chi connectivity index (χ1v) is 4.41. The number of oxazole rings is 1. The molecule has 3 heteroatoms. The van der Waals surface area contributed by atoms with Crippen molar-refractivity contribution in [3.05, 3.63) is 17.8 Å². The zero-order chi connectivity index (χ0) is 8.39. The average molecular weight is 167 g/mol. The van der Waals surface area contributed by atoms with Crippen molar-refractivity contribution in [3.8, 4) is 0 Å². The van der Waals surface area contributed by atoms with Crippen molar-refractivity contribution in [2.75, 3.05) is 13.2 Å². The van der Waals surface area contributed by atoms with Gasteiger partial charge < -0.3 is 9.15 Å². The predicted octanol–water partition coefficient (Wildman–Crippen LogP) is 1.74. The Morgan fingerprint density at radius 2 is 2.58 bits per heavy atom. The maximum Gasteiger partial charge on any atom is 0.181 e. The Labute approximate surface area is 71.7 Å². The molecule has 0 N–H and O–H groups in total. The Morgan fingerprint density at radius 1 is 1.67 bits per heavy atom. The highest BCUT2D eigenvalue weighted by molar-refractivity contribution is 5.13. The molecule has 1 atom stereocenters. The maximum absolute atomic E-state index is 5.35. The largest absolute Gasteiger partial charge is 0.448 e. The predicted molar refractivity (Wildman–Crippen MR) is 44.1 cm³/mol. The molecule has 1 aromatic rings. The zero-order valence-corrected chi connectivity index (χ0v) is 7.25. The summed E-state index contributed by atoms with van der Waals surface area (Å²) >= 11 is 0. The van der Waals surface area contributed by atoms with Gasteiger partial charge in [0.05, 0.1) is 12.3 Å². The van der Waals surface area contributed by atoms with Gasteiger partial charge in [-0.2, -0.15) is 0 Å². The lowest BCUT2D eigenvalue weighted by Gasteiger charge is -2.03. The standard InChI is InChI=1S/C9H13NO2/c1-2-8-9(12-6-10-8)7-3-4-11-5-7/h6-7H,2-5H2,1H3. The number of hydrogen-bond donors (Lipinski definition) is 0. The minimum atomic E-state index is 0.447. The van der Waals surface area contributed by atoms with Gasteiger partial charge >= 0.3 is 0 Å². The van der Waals surface area contributed by atoms with Crippen LogP contribution in [-0.2, 0) is 11.2 Å². The summed E-state index contributed by atoms with van der Waals surface area (Å²) in [6, 6.07) is 0. The molecule has 2 heterocycles. The molecule has 1 aliphatic heterocycles. The molecule has 0 aromatic carbocycles. The fourth-order valence-electron chi connectivity index (χ4n) is 1.62. The van der Waals surface area contributed by atoms with Crippen LogP contribution in [0.5, 0.6) is 0 Å². The van der Waals surface area contributed by atoms with Gasteiger partial charge in [-0.3, -0.25) is 0 Å². The molecule has 2 rings (SSSR count). The fourth-order valence-corrected chi connectivity index (χ4v) is 1.62. The quantitative estimate of drug-likeness (QED) is 0.673. The highest BCUT2D eigenvalue weighted by Gasteiger charge is 2.23. The number of ether oxygens (including phenoxy) is 1. The van der Waals surface area contributed by atoms with Crippen LogP contribution in [-0.4, -0.2) is 18.2 Å². The topological polar surface area (TPSA) is 35.3 Å². The van der Waals surface area contributed by atoms with Gasteiger partial charge in [0.15, 0.2) is 6.39 Å². The summed E-state index contributed by atoms with van der Waals surface area (Å²) in [7, 11) is 0. The minimum absolute atomic E-state index is 0.447. The summed E-state index contributed by atoms with van der Waals surface area (Å²) in [5.74, 6) is 1.48. The third-order valence-corrected chi connectivity index (χ3v) is 2.31. The second-order valence-corrected chi connectivity index (χ2v) is 3.08. The minimum Gasteiger partial charge on any atom is -0.448 e. The van der Waals surface area contributed by atoms with E-state index in [1.54, 1.807) is 0 Å². The molecule has 3 nitrogen and oxygen atoms in total. The molecule has 1 aliphatic rings. The number of aromatic nitrogens is 1. The van der Waals surface area contributed by atoms with Crippen LogP contribution < -0.4 is 0 Å². The van der Waals surface area contributed by atoms with E-state index in [-0.39, 0.29) is 0 Å². The van der Waals surface area contributed by atoms with Crippen LogP contribution in [0.3, 0.4) is 0 Å². The third-order valence-electron chi connectivity index (χ3n) is 2.31. The zero-order valence-electron chi connectivity index (χ0n) is 7.25. The lowest BCUT2D eigenvalue weighted by atomic mass is 10.0. The van der Waals surface area contributed by atoms with E-state index in [1.807, 2.05) is 0 Å². The Morgan fingerprint density at radius 3 is 3.25 bits per heavy atom. The van der Waals surface area contributed by atoms with Crippen molar-refractivity contribution in [3.63, 3.8) is 0 Å². The second kappa shape index (κ2) is 3.27. The van der Waals surface area contributed by atoms with E-state index < -0.39 is 0 Å². The molecule has 1 unspecified atom stereocenters. The number of aryl methyl sites for hydroxylation is 1. The van der Waals surface area contributed by atoms with E-state index in [1.165, 1.54) is 6.39 Å². The molecule has 0 aliphatic carbocycles. The molecular formula is C9H13NO2.